The fourth-order valence-electron chi connectivity index (χ4n) is 0.992. The van der Waals surface area contributed by atoms with Crippen molar-refractivity contribution in [3.8, 4) is 0 Å². The highest BCUT2D eigenvalue weighted by molar-refractivity contribution is 7.92. The normalized spacial score (nSPS) is 11.3. The summed E-state index contributed by atoms with van der Waals surface area (Å²) in [5.74, 6) is -1.17. The summed E-state index contributed by atoms with van der Waals surface area (Å²) in [6.45, 7) is 0. The lowest BCUT2D eigenvalue weighted by atomic mass is 10.3. The predicted octanol–water partition coefficient (Wildman–Crippen LogP) is -0.578. The van der Waals surface area contributed by atoms with E-state index in [2.05, 4.69) is 14.8 Å². The summed E-state index contributed by atoms with van der Waals surface area (Å²) >= 11 is 0. The highest BCUT2D eigenvalue weighted by Gasteiger charge is 2.13. The van der Waals surface area contributed by atoms with Gasteiger partial charge in [-0.15, -0.1) is 0 Å². The lowest BCUT2D eigenvalue weighted by Crippen LogP contribution is -2.19. The van der Waals surface area contributed by atoms with E-state index in [1.165, 1.54) is 11.0 Å². The van der Waals surface area contributed by atoms with Crippen molar-refractivity contribution in [2.45, 2.75) is 12.8 Å². The van der Waals surface area contributed by atoms with E-state index in [0.29, 0.717) is 0 Å². The zero-order valence-corrected chi connectivity index (χ0v) is 9.44. The molecule has 8 nitrogen and oxygen atoms in total. The highest BCUT2D eigenvalue weighted by Crippen LogP contribution is 2.04. The lowest BCUT2D eigenvalue weighted by Gasteiger charge is -2.05. The minimum absolute atomic E-state index is 0.0581. The van der Waals surface area contributed by atoms with Crippen LogP contribution in [0.25, 0.3) is 0 Å². The summed E-state index contributed by atoms with van der Waals surface area (Å²) in [5, 5.41) is 12.1. The second kappa shape index (κ2) is 4.92. The van der Waals surface area contributed by atoms with Gasteiger partial charge in [0, 0.05) is 13.5 Å². The largest absolute Gasteiger partial charge is 0.481 e. The molecule has 16 heavy (non-hydrogen) atoms. The van der Waals surface area contributed by atoms with Crippen molar-refractivity contribution in [2.24, 2.45) is 7.05 Å². The number of anilines is 1. The van der Waals surface area contributed by atoms with E-state index < -0.39 is 16.0 Å². The van der Waals surface area contributed by atoms with Gasteiger partial charge in [0.1, 0.15) is 6.33 Å². The Kier molecular flexibility index (Phi) is 3.82. The third kappa shape index (κ3) is 3.85. The molecule has 0 radical (unpaired) electrons. The summed E-state index contributed by atoms with van der Waals surface area (Å²) in [4.78, 5) is 13.9. The molecule has 1 heterocycles. The molecule has 0 aliphatic heterocycles. The molecule has 0 bridgehead atoms. The van der Waals surface area contributed by atoms with Gasteiger partial charge in [0.15, 0.2) is 0 Å². The van der Waals surface area contributed by atoms with Gasteiger partial charge in [-0.2, -0.15) is 10.1 Å². The number of hydrogen-bond acceptors (Lipinski definition) is 5. The number of rotatable bonds is 6. The zero-order chi connectivity index (χ0) is 12.2. The maximum absolute atomic E-state index is 11.4. The fourth-order valence-corrected chi connectivity index (χ4v) is 2.08. The van der Waals surface area contributed by atoms with E-state index >= 15 is 0 Å². The molecule has 0 unspecified atom stereocenters. The van der Waals surface area contributed by atoms with Crippen molar-refractivity contribution in [1.29, 1.82) is 0 Å². The van der Waals surface area contributed by atoms with Crippen LogP contribution in [0.15, 0.2) is 6.33 Å². The van der Waals surface area contributed by atoms with Gasteiger partial charge < -0.3 is 5.11 Å². The third-order valence-corrected chi connectivity index (χ3v) is 3.08. The van der Waals surface area contributed by atoms with Gasteiger partial charge >= 0.3 is 5.97 Å². The minimum atomic E-state index is -3.56. The molecule has 90 valence electrons. The Morgan fingerprint density at radius 1 is 1.62 bits per heavy atom. The number of aromatic nitrogens is 3. The molecular weight excluding hydrogens is 236 g/mol. The Hall–Kier alpha value is -1.64. The Morgan fingerprint density at radius 2 is 2.31 bits per heavy atom. The summed E-state index contributed by atoms with van der Waals surface area (Å²) in [7, 11) is -2.02. The van der Waals surface area contributed by atoms with E-state index in [9.17, 15) is 13.2 Å². The number of sulfonamides is 1. The van der Waals surface area contributed by atoms with Crippen LogP contribution in [-0.4, -0.2) is 40.0 Å². The van der Waals surface area contributed by atoms with Crippen LogP contribution >= 0.6 is 0 Å². The molecule has 0 spiro atoms. The maximum Gasteiger partial charge on any atom is 0.303 e. The van der Waals surface area contributed by atoms with Crippen LogP contribution in [-0.2, 0) is 21.9 Å². The second-order valence-corrected chi connectivity index (χ2v) is 4.97. The van der Waals surface area contributed by atoms with Crippen molar-refractivity contribution in [3.63, 3.8) is 0 Å². The number of nitrogens with one attached hydrogen (secondary N) is 1. The van der Waals surface area contributed by atoms with Crippen molar-refractivity contribution in [3.05, 3.63) is 6.33 Å². The topological polar surface area (TPSA) is 114 Å². The van der Waals surface area contributed by atoms with Crippen LogP contribution in [0, 0.1) is 0 Å². The molecule has 9 heteroatoms. The SMILES string of the molecule is Cn1ncnc1NS(=O)(=O)CCCC(=O)O. The first-order valence-electron chi connectivity index (χ1n) is 4.47. The summed E-state index contributed by atoms with van der Waals surface area (Å²) in [6.07, 6.45) is 1.09. The zero-order valence-electron chi connectivity index (χ0n) is 8.62. The number of nitrogens with zero attached hydrogens (tertiary/aromatic N) is 3. The molecule has 0 aliphatic rings. The molecule has 1 rings (SSSR count). The Labute approximate surface area is 92.3 Å². The first kappa shape index (κ1) is 12.4. The van der Waals surface area contributed by atoms with Crippen LogP contribution in [0.4, 0.5) is 5.95 Å². The quantitative estimate of drug-likeness (QED) is 0.696. The maximum atomic E-state index is 11.4. The lowest BCUT2D eigenvalue weighted by molar-refractivity contribution is -0.137. The average Bonchev–Trinajstić information content (AvgIpc) is 2.50. The van der Waals surface area contributed by atoms with E-state index in [1.807, 2.05) is 0 Å². The predicted molar refractivity (Wildman–Crippen MR) is 55.3 cm³/mol. The van der Waals surface area contributed by atoms with Crippen molar-refractivity contribution in [1.82, 2.24) is 14.8 Å². The Balaban J connectivity index is 2.53. The molecule has 0 saturated heterocycles. The number of carboxylic acids is 1. The molecule has 0 atom stereocenters. The highest BCUT2D eigenvalue weighted by atomic mass is 32.2. The van der Waals surface area contributed by atoms with Crippen LogP contribution in [0.3, 0.4) is 0 Å². The molecule has 0 aromatic carbocycles. The van der Waals surface area contributed by atoms with Gasteiger partial charge in [0.25, 0.3) is 0 Å². The van der Waals surface area contributed by atoms with Gasteiger partial charge in [0.05, 0.1) is 5.75 Å². The minimum Gasteiger partial charge on any atom is -0.481 e. The first-order valence-corrected chi connectivity index (χ1v) is 6.12. The van der Waals surface area contributed by atoms with Gasteiger partial charge in [-0.3, -0.25) is 9.52 Å². The Morgan fingerprint density at radius 3 is 2.81 bits per heavy atom. The van der Waals surface area contributed by atoms with Crippen molar-refractivity contribution in [2.75, 3.05) is 10.5 Å². The van der Waals surface area contributed by atoms with Crippen molar-refractivity contribution >= 4 is 21.9 Å². The number of aryl methyl sites for hydroxylation is 1. The molecule has 0 saturated carbocycles. The van der Waals surface area contributed by atoms with Crippen LogP contribution < -0.4 is 4.72 Å². The molecule has 0 amide bonds. The summed E-state index contributed by atoms with van der Waals surface area (Å²) < 4.78 is 26.4. The molecule has 1 aromatic heterocycles. The van der Waals surface area contributed by atoms with Gasteiger partial charge in [-0.05, 0) is 6.42 Å². The number of carboxylic acid groups (broad SMARTS) is 1. The van der Waals surface area contributed by atoms with Crippen LogP contribution in [0.1, 0.15) is 12.8 Å². The van der Waals surface area contributed by atoms with E-state index in [0.717, 1.165) is 0 Å². The van der Waals surface area contributed by atoms with Crippen molar-refractivity contribution < 1.29 is 18.3 Å². The molecule has 0 fully saturated rings. The molecular formula is C7H12N4O4S. The first-order chi connectivity index (χ1) is 7.41. The average molecular weight is 248 g/mol. The smallest absolute Gasteiger partial charge is 0.303 e. The standard InChI is InChI=1S/C7H12N4O4S/c1-11-7(8-5-9-11)10-16(14,15)4-2-3-6(12)13/h5H,2-4H2,1H3,(H,12,13)(H,8,9,10). The Bertz CT molecular complexity index is 466. The summed E-state index contributed by atoms with van der Waals surface area (Å²) in [5.41, 5.74) is 0. The van der Waals surface area contributed by atoms with E-state index in [4.69, 9.17) is 5.11 Å². The van der Waals surface area contributed by atoms with Gasteiger partial charge in [-0.1, -0.05) is 0 Å². The van der Waals surface area contributed by atoms with Gasteiger partial charge in [0.2, 0.25) is 16.0 Å². The van der Waals surface area contributed by atoms with Crippen LogP contribution in [0.5, 0.6) is 0 Å². The molecule has 0 aliphatic carbocycles. The third-order valence-electron chi connectivity index (χ3n) is 1.76. The monoisotopic (exact) mass is 248 g/mol. The van der Waals surface area contributed by atoms with E-state index in [1.54, 1.807) is 7.05 Å². The summed E-state index contributed by atoms with van der Waals surface area (Å²) in [6, 6.07) is 0. The van der Waals surface area contributed by atoms with Crippen LogP contribution in [0.2, 0.25) is 0 Å². The molecule has 1 aromatic rings. The van der Waals surface area contributed by atoms with E-state index in [-0.39, 0.29) is 24.5 Å². The second-order valence-electron chi connectivity index (χ2n) is 3.13. The molecule has 2 N–H and O–H groups in total. The number of aliphatic carboxylic acids is 1. The fraction of sp³-hybridized carbons (Fsp3) is 0.571. The number of carbonyl (C=O) groups is 1. The number of hydrogen-bond donors (Lipinski definition) is 2. The van der Waals surface area contributed by atoms with Gasteiger partial charge in [-0.25, -0.2) is 13.1 Å².